The number of carboxylic acid groups (broad SMARTS) is 1. The Morgan fingerprint density at radius 1 is 1.20 bits per heavy atom. The van der Waals surface area contributed by atoms with Gasteiger partial charge in [0.2, 0.25) is 0 Å². The zero-order valence-corrected chi connectivity index (χ0v) is 6.60. The van der Waals surface area contributed by atoms with Gasteiger partial charge >= 0.3 is 5.97 Å². The molecule has 0 aliphatic heterocycles. The average molecular weight is 146 g/mol. The quantitative estimate of drug-likeness (QED) is 0.584. The maximum absolute atomic E-state index is 10.0. The van der Waals surface area contributed by atoms with Crippen LogP contribution in [-0.4, -0.2) is 11.1 Å². The number of hydrogen-bond donors (Lipinski definition) is 1. The van der Waals surface area contributed by atoms with Gasteiger partial charge in [-0.15, -0.1) is 0 Å². The van der Waals surface area contributed by atoms with Gasteiger partial charge < -0.3 is 5.11 Å². The summed E-state index contributed by atoms with van der Waals surface area (Å²) in [5.41, 5.74) is 0. The van der Waals surface area contributed by atoms with Crippen molar-refractivity contribution in [1.82, 2.24) is 0 Å². The zero-order valence-electron chi connectivity index (χ0n) is 6.60. The number of carbonyl (C=O) groups is 1. The molecule has 0 aromatic heterocycles. The Morgan fingerprint density at radius 2 is 1.80 bits per heavy atom. The summed E-state index contributed by atoms with van der Waals surface area (Å²) >= 11 is 0. The number of hydrogen-bond acceptors (Lipinski definition) is 1. The summed E-state index contributed by atoms with van der Waals surface area (Å²) in [5.74, 6) is -0.670. The van der Waals surface area contributed by atoms with Crippen molar-refractivity contribution in [3.8, 4) is 0 Å². The van der Waals surface area contributed by atoms with Gasteiger partial charge in [0, 0.05) is 6.42 Å². The highest BCUT2D eigenvalue weighted by Crippen LogP contribution is 2.04. The van der Waals surface area contributed by atoms with Gasteiger partial charge in [0.25, 0.3) is 0 Å². The lowest BCUT2D eigenvalue weighted by molar-refractivity contribution is -0.137. The number of rotatable bonds is 6. The molecule has 0 fully saturated rings. The van der Waals surface area contributed by atoms with Crippen LogP contribution in [0.25, 0.3) is 0 Å². The first-order chi connectivity index (χ1) is 4.77. The van der Waals surface area contributed by atoms with Gasteiger partial charge in [0.15, 0.2) is 0 Å². The Labute approximate surface area is 62.2 Å². The molecule has 10 heavy (non-hydrogen) atoms. The average Bonchev–Trinajstić information content (AvgIpc) is 1.87. The lowest BCUT2D eigenvalue weighted by Gasteiger charge is -1.95. The van der Waals surface area contributed by atoms with Crippen LogP contribution < -0.4 is 0 Å². The zero-order chi connectivity index (χ0) is 7.82. The summed E-state index contributed by atoms with van der Waals surface area (Å²) in [6, 6.07) is 0. The van der Waals surface area contributed by atoms with E-state index in [0.29, 0.717) is 6.42 Å². The van der Waals surface area contributed by atoms with E-state index in [0.717, 1.165) is 12.8 Å². The topological polar surface area (TPSA) is 37.3 Å². The van der Waals surface area contributed by atoms with Gasteiger partial charge in [-0.25, -0.2) is 0 Å². The van der Waals surface area contributed by atoms with Crippen LogP contribution >= 0.6 is 0 Å². The normalized spacial score (nSPS) is 9.70. The molecule has 2 nitrogen and oxygen atoms in total. The van der Waals surface area contributed by atoms with E-state index < -0.39 is 5.97 Å². The van der Waals surface area contributed by atoms with Crippen LogP contribution in [-0.2, 0) is 4.79 Å². The van der Waals surface area contributed by atoms with Crippen molar-refractivity contribution in [3.63, 3.8) is 0 Å². The van der Waals surface area contributed by atoms with Gasteiger partial charge in [-0.1, -0.05) is 32.6 Å². The van der Waals surface area contributed by atoms with Crippen LogP contribution in [0.3, 0.4) is 0 Å². The Kier molecular flexibility index (Phi) is 6.24. The third-order valence-electron chi connectivity index (χ3n) is 1.49. The molecule has 0 saturated heterocycles. The van der Waals surface area contributed by atoms with Gasteiger partial charge in [0.1, 0.15) is 0 Å². The minimum atomic E-state index is -0.670. The Hall–Kier alpha value is -0.530. The molecular weight excluding hydrogens is 130 g/mol. The van der Waals surface area contributed by atoms with E-state index in [1.54, 1.807) is 0 Å². The largest absolute Gasteiger partial charge is 0.481 e. The van der Waals surface area contributed by atoms with Crippen molar-refractivity contribution in [2.24, 2.45) is 0 Å². The standard InChI is InChI=1S/C8H16O2/c1-2-3-4-5-6-7-8(9)10/h2-7H2,1H3,(H,9,10)/i1+2. The monoisotopic (exact) mass is 146 g/mol. The van der Waals surface area contributed by atoms with Gasteiger partial charge in [-0.2, -0.15) is 0 Å². The summed E-state index contributed by atoms with van der Waals surface area (Å²) in [5, 5.41) is 8.27. The van der Waals surface area contributed by atoms with Crippen LogP contribution in [0.1, 0.15) is 45.4 Å². The lowest BCUT2D eigenvalue weighted by atomic mass is 10.1. The number of unbranched alkanes of at least 4 members (excludes halogenated alkanes) is 4. The molecule has 60 valence electrons. The Bertz CT molecular complexity index is 89.3. The predicted molar refractivity (Wildman–Crippen MR) is 41.0 cm³/mol. The van der Waals surface area contributed by atoms with Crippen molar-refractivity contribution >= 4 is 5.97 Å². The molecule has 2 heteroatoms. The fraction of sp³-hybridized carbons (Fsp3) is 0.875. The van der Waals surface area contributed by atoms with E-state index in [9.17, 15) is 4.79 Å². The molecule has 0 aliphatic rings. The highest BCUT2D eigenvalue weighted by Gasteiger charge is 1.94. The second kappa shape index (κ2) is 6.59. The van der Waals surface area contributed by atoms with Gasteiger partial charge in [0.05, 0.1) is 0 Å². The van der Waals surface area contributed by atoms with Gasteiger partial charge in [-0.3, -0.25) is 4.79 Å². The molecule has 0 aromatic rings. The third kappa shape index (κ3) is 7.47. The summed E-state index contributed by atoms with van der Waals surface area (Å²) < 4.78 is 0. The summed E-state index contributed by atoms with van der Waals surface area (Å²) in [6.45, 7) is 2.15. The second-order valence-corrected chi connectivity index (χ2v) is 2.56. The van der Waals surface area contributed by atoms with E-state index in [1.807, 2.05) is 0 Å². The highest BCUT2D eigenvalue weighted by atomic mass is 16.4. The highest BCUT2D eigenvalue weighted by molar-refractivity contribution is 5.66. The van der Waals surface area contributed by atoms with Crippen LogP contribution in [0.4, 0.5) is 0 Å². The van der Waals surface area contributed by atoms with Crippen molar-refractivity contribution in [2.75, 3.05) is 0 Å². The molecule has 0 heterocycles. The van der Waals surface area contributed by atoms with Gasteiger partial charge in [-0.05, 0) is 6.42 Å². The first kappa shape index (κ1) is 9.47. The maximum Gasteiger partial charge on any atom is 0.303 e. The number of aliphatic carboxylic acids is 1. The van der Waals surface area contributed by atoms with Crippen molar-refractivity contribution in [3.05, 3.63) is 0 Å². The molecular formula is C8H16O2. The van der Waals surface area contributed by atoms with Crippen LogP contribution in [0.15, 0.2) is 0 Å². The molecule has 0 rings (SSSR count). The van der Waals surface area contributed by atoms with Crippen molar-refractivity contribution in [1.29, 1.82) is 0 Å². The predicted octanol–water partition coefficient (Wildman–Crippen LogP) is 2.43. The Morgan fingerprint density at radius 3 is 2.30 bits per heavy atom. The fourth-order valence-electron chi connectivity index (χ4n) is 0.880. The second-order valence-electron chi connectivity index (χ2n) is 2.56. The summed E-state index contributed by atoms with van der Waals surface area (Å²) in [4.78, 5) is 10.0. The fourth-order valence-corrected chi connectivity index (χ4v) is 0.880. The summed E-state index contributed by atoms with van der Waals surface area (Å²) in [6.07, 6.45) is 5.88. The third-order valence-corrected chi connectivity index (χ3v) is 1.49. The van der Waals surface area contributed by atoms with Crippen LogP contribution in [0.5, 0.6) is 0 Å². The minimum absolute atomic E-state index is 0.337. The van der Waals surface area contributed by atoms with E-state index in [4.69, 9.17) is 5.11 Å². The number of carboxylic acids is 1. The Balaban J connectivity index is 2.84. The van der Waals surface area contributed by atoms with E-state index in [2.05, 4.69) is 6.92 Å². The molecule has 0 aromatic carbocycles. The molecule has 0 saturated carbocycles. The summed E-state index contributed by atoms with van der Waals surface area (Å²) in [7, 11) is 0. The lowest BCUT2D eigenvalue weighted by Crippen LogP contribution is -1.93. The molecule has 1 N–H and O–H groups in total. The van der Waals surface area contributed by atoms with Crippen molar-refractivity contribution in [2.45, 2.75) is 45.4 Å². The molecule has 0 radical (unpaired) electrons. The molecule has 0 aliphatic carbocycles. The maximum atomic E-state index is 10.0. The molecule has 0 atom stereocenters. The van der Waals surface area contributed by atoms with E-state index >= 15 is 0 Å². The molecule has 0 spiro atoms. The molecule has 0 amide bonds. The molecule has 0 bridgehead atoms. The van der Waals surface area contributed by atoms with E-state index in [-0.39, 0.29) is 0 Å². The van der Waals surface area contributed by atoms with Crippen LogP contribution in [0.2, 0.25) is 0 Å². The van der Waals surface area contributed by atoms with Crippen LogP contribution in [0, 0.1) is 0 Å². The van der Waals surface area contributed by atoms with Crippen molar-refractivity contribution < 1.29 is 9.90 Å². The smallest absolute Gasteiger partial charge is 0.303 e. The van der Waals surface area contributed by atoms with E-state index in [1.165, 1.54) is 19.3 Å². The first-order valence-electron chi connectivity index (χ1n) is 3.99. The SMILES string of the molecule is [14CH3]CCCCCCC(=O)O. The minimum Gasteiger partial charge on any atom is -0.481 e. The molecule has 0 unspecified atom stereocenters. The first-order valence-corrected chi connectivity index (χ1v) is 3.99.